The third-order valence-corrected chi connectivity index (χ3v) is 5.51. The minimum Gasteiger partial charge on any atom is -0.359 e. The Hall–Kier alpha value is -1.33. The summed E-state index contributed by atoms with van der Waals surface area (Å²) < 4.78 is 46.4. The zero-order chi connectivity index (χ0) is 18.7. The predicted octanol–water partition coefficient (Wildman–Crippen LogP) is 2.21. The summed E-state index contributed by atoms with van der Waals surface area (Å²) in [7, 11) is -3.81. The lowest BCUT2D eigenvalue weighted by Crippen LogP contribution is -2.61. The molecule has 9 nitrogen and oxygen atoms in total. The van der Waals surface area contributed by atoms with Crippen molar-refractivity contribution in [1.29, 1.82) is 0 Å². The maximum Gasteiger partial charge on any atom is 0.264 e. The van der Waals surface area contributed by atoms with Crippen molar-refractivity contribution < 1.29 is 26.8 Å². The van der Waals surface area contributed by atoms with Crippen LogP contribution in [0.3, 0.4) is 0 Å². The molecular formula is C15H19N3O6S2. The zero-order valence-corrected chi connectivity index (χ0v) is 15.8. The topological polar surface area (TPSA) is 120 Å². The fourth-order valence-corrected chi connectivity index (χ4v) is 4.40. The van der Waals surface area contributed by atoms with Crippen molar-refractivity contribution in [2.24, 2.45) is 5.11 Å². The summed E-state index contributed by atoms with van der Waals surface area (Å²) >= 11 is 1.30. The van der Waals surface area contributed by atoms with E-state index in [0.29, 0.717) is 0 Å². The summed E-state index contributed by atoms with van der Waals surface area (Å²) in [5, 5.41) is 3.71. The lowest BCUT2D eigenvalue weighted by atomic mass is 9.97. The second-order valence-corrected chi connectivity index (χ2v) is 8.45. The average molecular weight is 401 g/mol. The van der Waals surface area contributed by atoms with Crippen molar-refractivity contribution in [1.82, 2.24) is 0 Å². The molecule has 0 spiro atoms. The highest BCUT2D eigenvalue weighted by Gasteiger charge is 2.51. The van der Waals surface area contributed by atoms with Gasteiger partial charge < -0.3 is 14.2 Å². The van der Waals surface area contributed by atoms with Gasteiger partial charge in [0, 0.05) is 10.5 Å². The third kappa shape index (κ3) is 4.32. The van der Waals surface area contributed by atoms with Crippen molar-refractivity contribution in [2.75, 3.05) is 19.1 Å². The Morgan fingerprint density at radius 2 is 2.04 bits per heavy atom. The van der Waals surface area contributed by atoms with Crippen LogP contribution < -0.4 is 0 Å². The van der Waals surface area contributed by atoms with Gasteiger partial charge in [-0.2, -0.15) is 8.42 Å². The van der Waals surface area contributed by atoms with Crippen molar-refractivity contribution >= 4 is 21.9 Å². The molecule has 11 heteroatoms. The zero-order valence-electron chi connectivity index (χ0n) is 14.2. The molecule has 2 fully saturated rings. The van der Waals surface area contributed by atoms with Gasteiger partial charge in [-0.1, -0.05) is 35.4 Å². The summed E-state index contributed by atoms with van der Waals surface area (Å²) in [6.45, 7) is 0.202. The van der Waals surface area contributed by atoms with Crippen LogP contribution in [0.15, 0.2) is 35.4 Å². The molecule has 1 aromatic rings. The van der Waals surface area contributed by atoms with Crippen LogP contribution in [0.25, 0.3) is 10.4 Å². The van der Waals surface area contributed by atoms with Crippen molar-refractivity contribution in [3.8, 4) is 0 Å². The fraction of sp³-hybridized carbons (Fsp3) is 0.600. The van der Waals surface area contributed by atoms with Crippen molar-refractivity contribution in [3.63, 3.8) is 0 Å². The maximum atomic E-state index is 11.8. The molecule has 2 saturated heterocycles. The van der Waals surface area contributed by atoms with Crippen LogP contribution >= 0.6 is 11.8 Å². The summed E-state index contributed by atoms with van der Waals surface area (Å²) in [4.78, 5) is 2.82. The minimum atomic E-state index is -3.81. The molecule has 0 aliphatic carbocycles. The fourth-order valence-electron chi connectivity index (χ4n) is 3.03. The smallest absolute Gasteiger partial charge is 0.264 e. The van der Waals surface area contributed by atoms with Gasteiger partial charge in [-0.15, -0.1) is 11.8 Å². The first kappa shape index (κ1) is 19.4. The van der Waals surface area contributed by atoms with E-state index in [0.717, 1.165) is 11.8 Å². The standard InChI is InChI=1S/C15H19N3O6S2/c1-25-15-11(17-18-16)13(24-26(2,19)20)12-10(22-15)8-21-14(23-12)9-6-4-3-5-7-9/h3-7,10-15H,8H2,1-2H3/t10?,11?,12-,13+,14?,15+/m1/s1. The molecular weight excluding hydrogens is 382 g/mol. The number of hydrogen-bond acceptors (Lipinski definition) is 8. The second kappa shape index (κ2) is 8.13. The van der Waals surface area contributed by atoms with Gasteiger partial charge in [0.1, 0.15) is 29.8 Å². The highest BCUT2D eigenvalue weighted by atomic mass is 32.2. The predicted molar refractivity (Wildman–Crippen MR) is 94.8 cm³/mol. The lowest BCUT2D eigenvalue weighted by molar-refractivity contribution is -0.301. The minimum absolute atomic E-state index is 0.202. The Morgan fingerprint density at radius 1 is 1.31 bits per heavy atom. The molecule has 26 heavy (non-hydrogen) atoms. The highest BCUT2D eigenvalue weighted by Crippen LogP contribution is 2.39. The van der Waals surface area contributed by atoms with E-state index in [1.165, 1.54) is 11.8 Å². The number of fused-ring (bicyclic) bond motifs is 1. The average Bonchev–Trinajstić information content (AvgIpc) is 2.62. The van der Waals surface area contributed by atoms with Gasteiger partial charge >= 0.3 is 0 Å². The number of ether oxygens (including phenoxy) is 3. The molecule has 1 aromatic carbocycles. The van der Waals surface area contributed by atoms with Crippen LogP contribution in [0, 0.1) is 0 Å². The van der Waals surface area contributed by atoms with Gasteiger partial charge in [-0.3, -0.25) is 4.18 Å². The molecule has 6 atom stereocenters. The van der Waals surface area contributed by atoms with E-state index < -0.39 is 46.2 Å². The van der Waals surface area contributed by atoms with Gasteiger partial charge in [-0.25, -0.2) is 0 Å². The van der Waals surface area contributed by atoms with Crippen LogP contribution in [-0.2, 0) is 28.5 Å². The number of azide groups is 1. The van der Waals surface area contributed by atoms with Crippen LogP contribution in [-0.4, -0.2) is 57.3 Å². The number of thioether (sulfide) groups is 1. The van der Waals surface area contributed by atoms with Gasteiger partial charge in [0.05, 0.1) is 12.9 Å². The van der Waals surface area contributed by atoms with E-state index in [2.05, 4.69) is 10.0 Å². The van der Waals surface area contributed by atoms with E-state index in [4.69, 9.17) is 23.9 Å². The third-order valence-electron chi connectivity index (χ3n) is 4.08. The largest absolute Gasteiger partial charge is 0.359 e. The first-order chi connectivity index (χ1) is 12.4. The summed E-state index contributed by atoms with van der Waals surface area (Å²) in [5.74, 6) is 0. The number of benzene rings is 1. The van der Waals surface area contributed by atoms with Gasteiger partial charge in [0.2, 0.25) is 0 Å². The molecule has 0 saturated carbocycles. The Bertz CT molecular complexity index is 771. The Labute approximate surface area is 155 Å². The Morgan fingerprint density at radius 3 is 2.65 bits per heavy atom. The molecule has 0 bridgehead atoms. The van der Waals surface area contributed by atoms with Gasteiger partial charge in [0.25, 0.3) is 10.1 Å². The monoisotopic (exact) mass is 401 g/mol. The molecule has 2 aliphatic heterocycles. The SMILES string of the molecule is CS[C@@H]1OC2COC(c3ccccc3)O[C@H]2[C@@H](OS(C)(=O)=O)C1N=[N+]=[N-]. The molecule has 0 amide bonds. The van der Waals surface area contributed by atoms with E-state index in [1.54, 1.807) is 6.26 Å². The second-order valence-electron chi connectivity index (χ2n) is 5.92. The van der Waals surface area contributed by atoms with E-state index in [9.17, 15) is 8.42 Å². The maximum absolute atomic E-state index is 11.8. The molecule has 0 aromatic heterocycles. The normalized spacial score (nSPS) is 34.5. The molecule has 0 N–H and O–H groups in total. The van der Waals surface area contributed by atoms with Crippen LogP contribution in [0.4, 0.5) is 0 Å². The first-order valence-electron chi connectivity index (χ1n) is 7.85. The summed E-state index contributed by atoms with van der Waals surface area (Å²) in [6.07, 6.45) is -0.268. The van der Waals surface area contributed by atoms with Crippen LogP contribution in [0.2, 0.25) is 0 Å². The first-order valence-corrected chi connectivity index (χ1v) is 11.0. The highest BCUT2D eigenvalue weighted by molar-refractivity contribution is 7.99. The van der Waals surface area contributed by atoms with Crippen molar-refractivity contribution in [3.05, 3.63) is 46.3 Å². The summed E-state index contributed by atoms with van der Waals surface area (Å²) in [6, 6.07) is 8.40. The molecule has 3 rings (SSSR count). The summed E-state index contributed by atoms with van der Waals surface area (Å²) in [5.41, 5.74) is 9.12. The van der Waals surface area contributed by atoms with Crippen LogP contribution in [0.1, 0.15) is 11.9 Å². The number of rotatable bonds is 5. The van der Waals surface area contributed by atoms with Gasteiger partial charge in [-0.05, 0) is 11.8 Å². The molecule has 2 heterocycles. The van der Waals surface area contributed by atoms with E-state index in [1.807, 2.05) is 30.3 Å². The van der Waals surface area contributed by atoms with Crippen LogP contribution in [0.5, 0.6) is 0 Å². The number of nitrogens with zero attached hydrogens (tertiary/aromatic N) is 3. The van der Waals surface area contributed by atoms with E-state index in [-0.39, 0.29) is 6.61 Å². The van der Waals surface area contributed by atoms with E-state index >= 15 is 0 Å². The number of hydrogen-bond donors (Lipinski definition) is 0. The van der Waals surface area contributed by atoms with Gasteiger partial charge in [0.15, 0.2) is 6.29 Å². The lowest BCUT2D eigenvalue weighted by Gasteiger charge is -2.47. The molecule has 3 unspecified atom stereocenters. The molecule has 142 valence electrons. The molecule has 0 radical (unpaired) electrons. The Kier molecular flexibility index (Phi) is 6.08. The Balaban J connectivity index is 1.91. The van der Waals surface area contributed by atoms with Crippen molar-refractivity contribution in [2.45, 2.75) is 36.1 Å². The molecule has 2 aliphatic rings. The quantitative estimate of drug-likeness (QED) is 0.321.